The number of carbonyl (C=O) groups excluding carboxylic acids is 1. The molecule has 5 heteroatoms. The number of aromatic amines is 1. The van der Waals surface area contributed by atoms with Crippen molar-refractivity contribution < 1.29 is 9.53 Å². The number of amides is 1. The van der Waals surface area contributed by atoms with Gasteiger partial charge in [0, 0.05) is 12.4 Å². The van der Waals surface area contributed by atoms with Crippen molar-refractivity contribution >= 4 is 6.09 Å². The van der Waals surface area contributed by atoms with Crippen molar-refractivity contribution in [3.63, 3.8) is 0 Å². The van der Waals surface area contributed by atoms with Crippen LogP contribution in [-0.4, -0.2) is 16.1 Å². The Morgan fingerprint density at radius 1 is 1.35 bits per heavy atom. The van der Waals surface area contributed by atoms with E-state index in [-0.39, 0.29) is 18.6 Å². The third-order valence-corrected chi connectivity index (χ3v) is 2.97. The number of hydrogen-bond donors (Lipinski definition) is 2. The molecule has 0 fully saturated rings. The molecule has 20 heavy (non-hydrogen) atoms. The molecule has 0 radical (unpaired) electrons. The topological polar surface area (TPSA) is 67.0 Å². The summed E-state index contributed by atoms with van der Waals surface area (Å²) in [5.41, 5.74) is 0.960. The monoisotopic (exact) mass is 273 g/mol. The van der Waals surface area contributed by atoms with Crippen LogP contribution in [0.4, 0.5) is 4.79 Å². The maximum absolute atomic E-state index is 11.9. The molecule has 0 aliphatic carbocycles. The summed E-state index contributed by atoms with van der Waals surface area (Å²) in [7, 11) is 0. The van der Waals surface area contributed by atoms with Crippen LogP contribution in [0, 0.1) is 5.92 Å². The third-order valence-electron chi connectivity index (χ3n) is 2.97. The molecule has 2 rings (SSSR count). The third kappa shape index (κ3) is 3.85. The molecule has 0 spiro atoms. The normalized spacial score (nSPS) is 12.2. The Balaban J connectivity index is 1.89. The van der Waals surface area contributed by atoms with E-state index in [9.17, 15) is 4.79 Å². The zero-order chi connectivity index (χ0) is 14.4. The van der Waals surface area contributed by atoms with Gasteiger partial charge < -0.3 is 15.0 Å². The van der Waals surface area contributed by atoms with Gasteiger partial charge in [0.2, 0.25) is 0 Å². The number of nitrogens with zero attached hydrogens (tertiary/aromatic N) is 1. The first-order valence-electron chi connectivity index (χ1n) is 6.63. The summed E-state index contributed by atoms with van der Waals surface area (Å²) in [5, 5.41) is 2.83. The lowest BCUT2D eigenvalue weighted by atomic mass is 10.0. The van der Waals surface area contributed by atoms with E-state index in [0.29, 0.717) is 0 Å². The zero-order valence-electron chi connectivity index (χ0n) is 11.7. The van der Waals surface area contributed by atoms with Crippen LogP contribution in [0.3, 0.4) is 0 Å². The summed E-state index contributed by atoms with van der Waals surface area (Å²) < 4.78 is 5.22. The summed E-state index contributed by atoms with van der Waals surface area (Å²) in [6.07, 6.45) is 2.97. The molecule has 2 N–H and O–H groups in total. The van der Waals surface area contributed by atoms with Crippen molar-refractivity contribution in [3.05, 3.63) is 54.1 Å². The van der Waals surface area contributed by atoms with Crippen LogP contribution in [0.1, 0.15) is 31.3 Å². The van der Waals surface area contributed by atoms with E-state index in [2.05, 4.69) is 15.3 Å². The van der Waals surface area contributed by atoms with E-state index in [4.69, 9.17) is 4.74 Å². The highest BCUT2D eigenvalue weighted by Gasteiger charge is 2.21. The molecule has 5 nitrogen and oxygen atoms in total. The molecular formula is C15H19N3O2. The minimum absolute atomic E-state index is 0.187. The average molecular weight is 273 g/mol. The second-order valence-corrected chi connectivity index (χ2v) is 4.90. The fourth-order valence-electron chi connectivity index (χ4n) is 1.89. The molecule has 1 aromatic carbocycles. The second-order valence-electron chi connectivity index (χ2n) is 4.90. The maximum atomic E-state index is 11.9. The fraction of sp³-hybridized carbons (Fsp3) is 0.333. The smallest absolute Gasteiger partial charge is 0.408 e. The van der Waals surface area contributed by atoms with Gasteiger partial charge in [-0.15, -0.1) is 0 Å². The lowest BCUT2D eigenvalue weighted by Gasteiger charge is -2.20. The van der Waals surface area contributed by atoms with Crippen molar-refractivity contribution in [2.45, 2.75) is 26.5 Å². The van der Waals surface area contributed by atoms with Crippen molar-refractivity contribution in [1.29, 1.82) is 0 Å². The van der Waals surface area contributed by atoms with E-state index >= 15 is 0 Å². The van der Waals surface area contributed by atoms with Gasteiger partial charge in [-0.3, -0.25) is 0 Å². The van der Waals surface area contributed by atoms with Crippen LogP contribution in [0.25, 0.3) is 0 Å². The predicted molar refractivity (Wildman–Crippen MR) is 75.9 cm³/mol. The number of alkyl carbamates (subject to hydrolysis) is 1. The predicted octanol–water partition coefficient (Wildman–Crippen LogP) is 3.03. The van der Waals surface area contributed by atoms with E-state index in [0.717, 1.165) is 11.4 Å². The number of ether oxygens (including phenoxy) is 1. The Morgan fingerprint density at radius 2 is 2.10 bits per heavy atom. The van der Waals surface area contributed by atoms with Gasteiger partial charge >= 0.3 is 6.09 Å². The molecule has 0 aliphatic heterocycles. The molecule has 2 aromatic rings. The highest BCUT2D eigenvalue weighted by molar-refractivity contribution is 5.67. The van der Waals surface area contributed by atoms with Gasteiger partial charge in [0.1, 0.15) is 12.4 Å². The molecular weight excluding hydrogens is 254 g/mol. The lowest BCUT2D eigenvalue weighted by Crippen LogP contribution is -2.32. The van der Waals surface area contributed by atoms with Gasteiger partial charge in [0.25, 0.3) is 0 Å². The Morgan fingerprint density at radius 3 is 2.70 bits per heavy atom. The standard InChI is InChI=1S/C15H19N3O2/c1-11(2)13(14-16-8-9-17-14)18-15(19)20-10-12-6-4-3-5-7-12/h3-9,11,13H,10H2,1-2H3,(H,16,17)(H,18,19). The van der Waals surface area contributed by atoms with E-state index in [1.165, 1.54) is 0 Å². The van der Waals surface area contributed by atoms with Gasteiger partial charge in [0.15, 0.2) is 0 Å². The van der Waals surface area contributed by atoms with Crippen molar-refractivity contribution in [2.75, 3.05) is 0 Å². The van der Waals surface area contributed by atoms with Crippen molar-refractivity contribution in [2.24, 2.45) is 5.92 Å². The molecule has 0 bridgehead atoms. The Labute approximate surface area is 118 Å². The van der Waals surface area contributed by atoms with Gasteiger partial charge in [-0.25, -0.2) is 9.78 Å². The second kappa shape index (κ2) is 6.75. The van der Waals surface area contributed by atoms with E-state index in [1.54, 1.807) is 12.4 Å². The molecule has 106 valence electrons. The number of rotatable bonds is 5. The minimum Gasteiger partial charge on any atom is -0.445 e. The van der Waals surface area contributed by atoms with Crippen LogP contribution in [0.2, 0.25) is 0 Å². The summed E-state index contributed by atoms with van der Waals surface area (Å²) in [4.78, 5) is 19.1. The quantitative estimate of drug-likeness (QED) is 0.880. The number of hydrogen-bond acceptors (Lipinski definition) is 3. The number of aromatic nitrogens is 2. The first-order chi connectivity index (χ1) is 9.66. The van der Waals surface area contributed by atoms with Gasteiger partial charge in [0.05, 0.1) is 6.04 Å². The first-order valence-corrected chi connectivity index (χ1v) is 6.63. The highest BCUT2D eigenvalue weighted by atomic mass is 16.5. The van der Waals surface area contributed by atoms with Crippen LogP contribution in [0.15, 0.2) is 42.7 Å². The Bertz CT molecular complexity index is 523. The molecule has 1 amide bonds. The summed E-state index contributed by atoms with van der Waals surface area (Å²) in [6.45, 7) is 4.30. The van der Waals surface area contributed by atoms with Gasteiger partial charge in [-0.1, -0.05) is 44.2 Å². The molecule has 0 aliphatic rings. The van der Waals surface area contributed by atoms with Gasteiger partial charge in [-0.2, -0.15) is 0 Å². The molecule has 1 heterocycles. The van der Waals surface area contributed by atoms with E-state index < -0.39 is 6.09 Å². The molecule has 1 unspecified atom stereocenters. The number of H-pyrrole nitrogens is 1. The minimum atomic E-state index is -0.441. The number of benzene rings is 1. The lowest BCUT2D eigenvalue weighted by molar-refractivity contribution is 0.132. The molecule has 1 aromatic heterocycles. The summed E-state index contributed by atoms with van der Waals surface area (Å²) in [5.74, 6) is 0.946. The fourth-order valence-corrected chi connectivity index (χ4v) is 1.89. The number of imidazole rings is 1. The SMILES string of the molecule is CC(C)C(NC(=O)OCc1ccccc1)c1ncc[nH]1. The van der Waals surface area contributed by atoms with Crippen molar-refractivity contribution in [1.82, 2.24) is 15.3 Å². The van der Waals surface area contributed by atoms with Crippen LogP contribution >= 0.6 is 0 Å². The maximum Gasteiger partial charge on any atom is 0.408 e. The Hall–Kier alpha value is -2.30. The first kappa shape index (κ1) is 14.1. The summed E-state index contributed by atoms with van der Waals surface area (Å²) in [6, 6.07) is 9.40. The van der Waals surface area contributed by atoms with Crippen LogP contribution in [-0.2, 0) is 11.3 Å². The number of carbonyl (C=O) groups is 1. The van der Waals surface area contributed by atoms with Crippen LogP contribution in [0.5, 0.6) is 0 Å². The highest BCUT2D eigenvalue weighted by Crippen LogP contribution is 2.18. The largest absolute Gasteiger partial charge is 0.445 e. The zero-order valence-corrected chi connectivity index (χ0v) is 11.7. The van der Waals surface area contributed by atoms with Crippen LogP contribution < -0.4 is 5.32 Å². The molecule has 0 saturated heterocycles. The van der Waals surface area contributed by atoms with E-state index in [1.807, 2.05) is 44.2 Å². The molecule has 0 saturated carbocycles. The molecule has 1 atom stereocenters. The summed E-state index contributed by atoms with van der Waals surface area (Å²) >= 11 is 0. The Kier molecular flexibility index (Phi) is 4.76. The van der Waals surface area contributed by atoms with Crippen molar-refractivity contribution in [3.8, 4) is 0 Å². The average Bonchev–Trinajstić information content (AvgIpc) is 2.97. The van der Waals surface area contributed by atoms with Gasteiger partial charge in [-0.05, 0) is 11.5 Å². The number of nitrogens with one attached hydrogen (secondary N) is 2.